The Balaban J connectivity index is 2.10. The van der Waals surface area contributed by atoms with Gasteiger partial charge >= 0.3 is 0 Å². The fourth-order valence-corrected chi connectivity index (χ4v) is 2.78. The third-order valence-corrected chi connectivity index (χ3v) is 4.02. The van der Waals surface area contributed by atoms with Gasteiger partial charge in [-0.3, -0.25) is 0 Å². The molecule has 0 unspecified atom stereocenters. The minimum atomic E-state index is 0.489. The molecule has 2 aromatic rings. The molecule has 0 atom stereocenters. The van der Waals surface area contributed by atoms with Crippen molar-refractivity contribution in [3.63, 3.8) is 0 Å². The Bertz CT molecular complexity index is 619. The van der Waals surface area contributed by atoms with E-state index in [-0.39, 0.29) is 0 Å². The fourth-order valence-electron chi connectivity index (χ4n) is 1.82. The Morgan fingerprint density at radius 1 is 1.10 bits per heavy atom. The summed E-state index contributed by atoms with van der Waals surface area (Å²) in [5, 5.41) is 4.44. The Kier molecular flexibility index (Phi) is 6.37. The highest BCUT2D eigenvalue weighted by atomic mass is 79.9. The zero-order valence-electron chi connectivity index (χ0n) is 11.6. The van der Waals surface area contributed by atoms with Crippen LogP contribution in [0.2, 0.25) is 10.0 Å². The number of hydrogen-bond acceptors (Lipinski definition) is 2. The molecule has 112 valence electrons. The second kappa shape index (κ2) is 8.04. The van der Waals surface area contributed by atoms with Crippen molar-refractivity contribution < 1.29 is 4.74 Å². The first-order valence-corrected chi connectivity index (χ1v) is 8.27. The van der Waals surface area contributed by atoms with Gasteiger partial charge in [-0.2, -0.15) is 0 Å². The standard InChI is InChI=1S/C16H16BrCl2NO/c1-2-7-20-10-11-3-5-15(13(17)8-11)21-16-6-4-12(18)9-14(16)19/h3-6,8-9,20H,2,7,10H2,1H3. The van der Waals surface area contributed by atoms with E-state index in [2.05, 4.69) is 28.2 Å². The first kappa shape index (κ1) is 16.6. The molecule has 1 N–H and O–H groups in total. The van der Waals surface area contributed by atoms with Crippen molar-refractivity contribution in [2.24, 2.45) is 0 Å². The molecule has 0 aliphatic heterocycles. The molecule has 0 radical (unpaired) electrons. The van der Waals surface area contributed by atoms with Crippen LogP contribution in [0.25, 0.3) is 0 Å². The van der Waals surface area contributed by atoms with E-state index in [1.165, 1.54) is 5.56 Å². The van der Waals surface area contributed by atoms with Gasteiger partial charge in [0.2, 0.25) is 0 Å². The van der Waals surface area contributed by atoms with Gasteiger partial charge in [-0.25, -0.2) is 0 Å². The highest BCUT2D eigenvalue weighted by Crippen LogP contribution is 2.35. The summed E-state index contributed by atoms with van der Waals surface area (Å²) in [5.41, 5.74) is 1.20. The maximum atomic E-state index is 6.11. The van der Waals surface area contributed by atoms with Gasteiger partial charge in [0, 0.05) is 11.6 Å². The van der Waals surface area contributed by atoms with E-state index in [0.29, 0.717) is 15.8 Å². The van der Waals surface area contributed by atoms with Gasteiger partial charge in [-0.15, -0.1) is 0 Å². The van der Waals surface area contributed by atoms with Crippen molar-refractivity contribution >= 4 is 39.1 Å². The van der Waals surface area contributed by atoms with Crippen LogP contribution in [0.4, 0.5) is 0 Å². The van der Waals surface area contributed by atoms with Crippen LogP contribution in [-0.2, 0) is 6.54 Å². The lowest BCUT2D eigenvalue weighted by molar-refractivity contribution is 0.479. The monoisotopic (exact) mass is 387 g/mol. The van der Waals surface area contributed by atoms with Gasteiger partial charge in [0.1, 0.15) is 11.5 Å². The number of benzene rings is 2. The van der Waals surface area contributed by atoms with Gasteiger partial charge in [-0.1, -0.05) is 36.2 Å². The van der Waals surface area contributed by atoms with Crippen molar-refractivity contribution in [2.45, 2.75) is 19.9 Å². The third kappa shape index (κ3) is 4.89. The molecule has 0 saturated carbocycles. The summed E-state index contributed by atoms with van der Waals surface area (Å²) in [6.07, 6.45) is 1.12. The number of ether oxygens (including phenoxy) is 1. The lowest BCUT2D eigenvalue weighted by atomic mass is 10.2. The summed E-state index contributed by atoms with van der Waals surface area (Å²) in [7, 11) is 0. The predicted octanol–water partition coefficient (Wildman–Crippen LogP) is 6.05. The normalized spacial score (nSPS) is 10.7. The zero-order chi connectivity index (χ0) is 15.2. The maximum Gasteiger partial charge on any atom is 0.146 e. The van der Waals surface area contributed by atoms with Crippen molar-refractivity contribution in [3.05, 3.63) is 56.5 Å². The summed E-state index contributed by atoms with van der Waals surface area (Å²) >= 11 is 15.5. The number of hydrogen-bond donors (Lipinski definition) is 1. The summed E-state index contributed by atoms with van der Waals surface area (Å²) in [4.78, 5) is 0. The van der Waals surface area contributed by atoms with E-state index in [1.54, 1.807) is 18.2 Å². The van der Waals surface area contributed by atoms with Gasteiger partial charge in [0.25, 0.3) is 0 Å². The summed E-state index contributed by atoms with van der Waals surface area (Å²) in [5.74, 6) is 1.30. The second-order valence-corrected chi connectivity index (χ2v) is 6.32. The lowest BCUT2D eigenvalue weighted by Crippen LogP contribution is -2.13. The van der Waals surface area contributed by atoms with Crippen molar-refractivity contribution in [1.29, 1.82) is 0 Å². The summed E-state index contributed by atoms with van der Waals surface area (Å²) in [6, 6.07) is 11.2. The molecule has 0 aliphatic rings. The van der Waals surface area contributed by atoms with Crippen molar-refractivity contribution in [1.82, 2.24) is 5.32 Å². The molecular formula is C16H16BrCl2NO. The van der Waals surface area contributed by atoms with E-state index < -0.39 is 0 Å². The molecule has 2 rings (SSSR count). The molecule has 0 spiro atoms. The first-order chi connectivity index (χ1) is 10.1. The molecule has 0 bridgehead atoms. The molecule has 0 fully saturated rings. The highest BCUT2D eigenvalue weighted by molar-refractivity contribution is 9.10. The maximum absolute atomic E-state index is 6.11. The van der Waals surface area contributed by atoms with Crippen LogP contribution >= 0.6 is 39.1 Å². The first-order valence-electron chi connectivity index (χ1n) is 6.72. The number of rotatable bonds is 6. The molecule has 0 heterocycles. The van der Waals surface area contributed by atoms with E-state index in [0.717, 1.165) is 29.7 Å². The molecule has 0 aromatic heterocycles. The fraction of sp³-hybridized carbons (Fsp3) is 0.250. The van der Waals surface area contributed by atoms with E-state index >= 15 is 0 Å². The van der Waals surface area contributed by atoms with Crippen molar-refractivity contribution in [2.75, 3.05) is 6.54 Å². The largest absolute Gasteiger partial charge is 0.455 e. The predicted molar refractivity (Wildman–Crippen MR) is 92.7 cm³/mol. The topological polar surface area (TPSA) is 21.3 Å². The summed E-state index contributed by atoms with van der Waals surface area (Å²) < 4.78 is 6.71. The highest BCUT2D eigenvalue weighted by Gasteiger charge is 2.07. The Morgan fingerprint density at radius 3 is 2.52 bits per heavy atom. The van der Waals surface area contributed by atoms with Crippen LogP contribution in [0, 0.1) is 0 Å². The quantitative estimate of drug-likeness (QED) is 0.608. The average Bonchev–Trinajstić information content (AvgIpc) is 2.44. The smallest absolute Gasteiger partial charge is 0.146 e. The van der Waals surface area contributed by atoms with Crippen LogP contribution in [0.1, 0.15) is 18.9 Å². The van der Waals surface area contributed by atoms with E-state index in [4.69, 9.17) is 27.9 Å². The molecule has 2 aromatic carbocycles. The molecule has 21 heavy (non-hydrogen) atoms. The van der Waals surface area contributed by atoms with Crippen LogP contribution in [0.15, 0.2) is 40.9 Å². The lowest BCUT2D eigenvalue weighted by Gasteiger charge is -2.11. The van der Waals surface area contributed by atoms with Crippen LogP contribution in [0.5, 0.6) is 11.5 Å². The molecule has 2 nitrogen and oxygen atoms in total. The zero-order valence-corrected chi connectivity index (χ0v) is 14.7. The molecular weight excluding hydrogens is 373 g/mol. The van der Waals surface area contributed by atoms with E-state index in [1.807, 2.05) is 18.2 Å². The minimum Gasteiger partial charge on any atom is -0.455 e. The third-order valence-electron chi connectivity index (χ3n) is 2.87. The minimum absolute atomic E-state index is 0.489. The molecule has 5 heteroatoms. The Hall–Kier alpha value is -0.740. The summed E-state index contributed by atoms with van der Waals surface area (Å²) in [6.45, 7) is 4.00. The van der Waals surface area contributed by atoms with Gasteiger partial charge in [0.05, 0.1) is 9.50 Å². The van der Waals surface area contributed by atoms with Crippen LogP contribution < -0.4 is 10.1 Å². The van der Waals surface area contributed by atoms with Gasteiger partial charge in [-0.05, 0) is 64.8 Å². The Morgan fingerprint density at radius 2 is 1.86 bits per heavy atom. The average molecular weight is 389 g/mol. The van der Waals surface area contributed by atoms with Gasteiger partial charge in [0.15, 0.2) is 0 Å². The van der Waals surface area contributed by atoms with Crippen LogP contribution in [0.3, 0.4) is 0 Å². The van der Waals surface area contributed by atoms with Crippen LogP contribution in [-0.4, -0.2) is 6.54 Å². The SMILES string of the molecule is CCCNCc1ccc(Oc2ccc(Cl)cc2Cl)c(Br)c1. The molecule has 0 amide bonds. The number of halogens is 3. The molecule has 0 saturated heterocycles. The number of nitrogens with one attached hydrogen (secondary N) is 1. The van der Waals surface area contributed by atoms with E-state index in [9.17, 15) is 0 Å². The van der Waals surface area contributed by atoms with Gasteiger partial charge < -0.3 is 10.1 Å². The second-order valence-electron chi connectivity index (χ2n) is 4.62. The molecule has 0 aliphatic carbocycles. The Labute approximate surface area is 143 Å². The van der Waals surface area contributed by atoms with Crippen molar-refractivity contribution in [3.8, 4) is 11.5 Å².